The number of Topliss-reactive ketones (excluding diaryl/α,β-unsaturated/α-hetero) is 1. The van der Waals surface area contributed by atoms with Crippen LogP contribution >= 0.6 is 23.4 Å². The van der Waals surface area contributed by atoms with Crippen molar-refractivity contribution < 1.29 is 14.3 Å². The van der Waals surface area contributed by atoms with Crippen LogP contribution in [0.25, 0.3) is 16.8 Å². The molecule has 184 valence electrons. The summed E-state index contributed by atoms with van der Waals surface area (Å²) in [5, 5.41) is 12.4. The Hall–Kier alpha value is -3.62. The lowest BCUT2D eigenvalue weighted by molar-refractivity contribution is -0.118. The molecule has 0 saturated carbocycles. The number of carbonyl (C=O) groups is 2. The number of benzene rings is 3. The molecule has 1 heterocycles. The lowest BCUT2D eigenvalue weighted by Crippen LogP contribution is -2.23. The number of amides is 1. The molecule has 0 spiro atoms. The van der Waals surface area contributed by atoms with E-state index in [-0.39, 0.29) is 17.4 Å². The van der Waals surface area contributed by atoms with Crippen molar-refractivity contribution in [3.05, 3.63) is 89.2 Å². The number of hydrogen-bond acceptors (Lipinski definition) is 6. The number of hydrogen-bond donors (Lipinski definition) is 1. The van der Waals surface area contributed by atoms with E-state index in [1.54, 1.807) is 19.2 Å². The largest absolute Gasteiger partial charge is 0.495 e. The van der Waals surface area contributed by atoms with E-state index in [0.29, 0.717) is 40.3 Å². The summed E-state index contributed by atoms with van der Waals surface area (Å²) < 4.78 is 7.11. The fourth-order valence-corrected chi connectivity index (χ4v) is 4.77. The summed E-state index contributed by atoms with van der Waals surface area (Å²) in [7, 11) is 1.55. The SMILES string of the molecule is COc1ccc(-n2c(CCNC(C)=O)nnc2SCC(=O)c2ccc(-c3ccccc3)cc2)cc1Cl. The molecule has 0 bridgehead atoms. The highest BCUT2D eigenvalue weighted by Gasteiger charge is 2.18. The van der Waals surface area contributed by atoms with Crippen molar-refractivity contribution in [2.75, 3.05) is 19.4 Å². The second-order valence-electron chi connectivity index (χ2n) is 7.94. The van der Waals surface area contributed by atoms with E-state index < -0.39 is 0 Å². The maximum Gasteiger partial charge on any atom is 0.216 e. The Bertz CT molecular complexity index is 1360. The van der Waals surface area contributed by atoms with Gasteiger partial charge in [-0.15, -0.1) is 10.2 Å². The number of methoxy groups -OCH3 is 1. The van der Waals surface area contributed by atoms with Crippen LogP contribution in [-0.2, 0) is 11.2 Å². The van der Waals surface area contributed by atoms with Crippen molar-refractivity contribution in [1.82, 2.24) is 20.1 Å². The van der Waals surface area contributed by atoms with Crippen LogP contribution < -0.4 is 10.1 Å². The molecule has 0 aliphatic heterocycles. The lowest BCUT2D eigenvalue weighted by Gasteiger charge is -2.12. The first kappa shape index (κ1) is 25.5. The highest BCUT2D eigenvalue weighted by molar-refractivity contribution is 7.99. The number of nitrogens with one attached hydrogen (secondary N) is 1. The first-order valence-electron chi connectivity index (χ1n) is 11.3. The summed E-state index contributed by atoms with van der Waals surface area (Å²) >= 11 is 7.66. The highest BCUT2D eigenvalue weighted by atomic mass is 35.5. The van der Waals surface area contributed by atoms with Crippen molar-refractivity contribution in [1.29, 1.82) is 0 Å². The van der Waals surface area contributed by atoms with E-state index in [9.17, 15) is 9.59 Å². The maximum atomic E-state index is 12.9. The number of carbonyl (C=O) groups excluding carboxylic acids is 2. The molecule has 0 unspecified atom stereocenters. The van der Waals surface area contributed by atoms with Crippen LogP contribution in [0.4, 0.5) is 0 Å². The zero-order valence-electron chi connectivity index (χ0n) is 19.9. The van der Waals surface area contributed by atoms with Crippen LogP contribution in [-0.4, -0.2) is 45.9 Å². The van der Waals surface area contributed by atoms with Gasteiger partial charge in [-0.1, -0.05) is 78.0 Å². The number of ketones is 1. The van der Waals surface area contributed by atoms with Crippen molar-refractivity contribution in [2.45, 2.75) is 18.5 Å². The average Bonchev–Trinajstić information content (AvgIpc) is 3.30. The molecule has 7 nitrogen and oxygen atoms in total. The minimum absolute atomic E-state index is 0.0123. The molecule has 0 atom stereocenters. The monoisotopic (exact) mass is 520 g/mol. The molecule has 0 saturated heterocycles. The predicted octanol–water partition coefficient (Wildman–Crippen LogP) is 5.25. The van der Waals surface area contributed by atoms with E-state index in [2.05, 4.69) is 15.5 Å². The molecular formula is C27H25ClN4O3S. The molecule has 1 amide bonds. The molecule has 4 rings (SSSR count). The number of nitrogens with zero attached hydrogens (tertiary/aromatic N) is 3. The summed E-state index contributed by atoms with van der Waals surface area (Å²) in [6.45, 7) is 1.88. The predicted molar refractivity (Wildman–Crippen MR) is 142 cm³/mol. The minimum Gasteiger partial charge on any atom is -0.495 e. The lowest BCUT2D eigenvalue weighted by atomic mass is 10.0. The molecule has 1 N–H and O–H groups in total. The molecule has 0 aliphatic carbocycles. The molecule has 3 aromatic carbocycles. The van der Waals surface area contributed by atoms with Gasteiger partial charge in [-0.3, -0.25) is 14.2 Å². The van der Waals surface area contributed by atoms with Gasteiger partial charge in [0.2, 0.25) is 5.91 Å². The topological polar surface area (TPSA) is 86.1 Å². The van der Waals surface area contributed by atoms with E-state index in [1.165, 1.54) is 18.7 Å². The van der Waals surface area contributed by atoms with Gasteiger partial charge in [-0.25, -0.2) is 0 Å². The summed E-state index contributed by atoms with van der Waals surface area (Å²) in [5.74, 6) is 1.26. The second kappa shape index (κ2) is 11.9. The smallest absolute Gasteiger partial charge is 0.216 e. The van der Waals surface area contributed by atoms with Crippen molar-refractivity contribution in [2.24, 2.45) is 0 Å². The summed E-state index contributed by atoms with van der Waals surface area (Å²) in [6, 6.07) is 23.0. The Morgan fingerprint density at radius 2 is 1.72 bits per heavy atom. The molecule has 9 heteroatoms. The van der Waals surface area contributed by atoms with Gasteiger partial charge in [0, 0.05) is 25.5 Å². The molecule has 0 radical (unpaired) electrons. The van der Waals surface area contributed by atoms with Crippen molar-refractivity contribution in [3.8, 4) is 22.6 Å². The van der Waals surface area contributed by atoms with E-state index in [0.717, 1.165) is 16.8 Å². The van der Waals surface area contributed by atoms with Gasteiger partial charge in [-0.05, 0) is 29.3 Å². The number of rotatable bonds is 10. The number of aromatic nitrogens is 3. The number of ether oxygens (including phenoxy) is 1. The van der Waals surface area contributed by atoms with Gasteiger partial charge in [0.1, 0.15) is 11.6 Å². The van der Waals surface area contributed by atoms with Crippen LogP contribution in [0.15, 0.2) is 78.0 Å². The minimum atomic E-state index is -0.118. The Balaban J connectivity index is 1.53. The summed E-state index contributed by atoms with van der Waals surface area (Å²) in [4.78, 5) is 24.2. The van der Waals surface area contributed by atoms with Gasteiger partial charge >= 0.3 is 0 Å². The molecular weight excluding hydrogens is 496 g/mol. The standard InChI is InChI=1S/C27H25ClN4O3S/c1-18(33)29-15-14-26-30-31-27(32(26)22-12-13-25(35-2)23(28)16-22)36-17-24(34)21-10-8-20(9-11-21)19-6-4-3-5-7-19/h3-13,16H,14-15,17H2,1-2H3,(H,29,33). The van der Waals surface area contributed by atoms with Crippen molar-refractivity contribution >= 4 is 35.1 Å². The number of halogens is 1. The molecule has 0 aliphatic rings. The Kier molecular flexibility index (Phi) is 8.40. The highest BCUT2D eigenvalue weighted by Crippen LogP contribution is 2.30. The second-order valence-corrected chi connectivity index (χ2v) is 9.29. The molecule has 1 aromatic heterocycles. The normalized spacial score (nSPS) is 10.8. The van der Waals surface area contributed by atoms with Gasteiger partial charge in [-0.2, -0.15) is 0 Å². The zero-order valence-corrected chi connectivity index (χ0v) is 21.5. The first-order chi connectivity index (χ1) is 17.5. The van der Waals surface area contributed by atoms with Crippen LogP contribution in [0.1, 0.15) is 23.1 Å². The van der Waals surface area contributed by atoms with E-state index >= 15 is 0 Å². The number of thioether (sulfide) groups is 1. The van der Waals surface area contributed by atoms with E-state index in [4.69, 9.17) is 16.3 Å². The fraction of sp³-hybridized carbons (Fsp3) is 0.185. The molecule has 4 aromatic rings. The quantitative estimate of drug-likeness (QED) is 0.227. The van der Waals surface area contributed by atoms with Crippen LogP contribution in [0.3, 0.4) is 0 Å². The first-order valence-corrected chi connectivity index (χ1v) is 12.7. The zero-order chi connectivity index (χ0) is 25.5. The Morgan fingerprint density at radius 1 is 1.00 bits per heavy atom. The van der Waals surface area contributed by atoms with E-state index in [1.807, 2.05) is 65.2 Å². The van der Waals surface area contributed by atoms with Crippen molar-refractivity contribution in [3.63, 3.8) is 0 Å². The van der Waals surface area contributed by atoms with Crippen LogP contribution in [0, 0.1) is 0 Å². The maximum absolute atomic E-state index is 12.9. The third kappa shape index (κ3) is 6.13. The Morgan fingerprint density at radius 3 is 2.39 bits per heavy atom. The Labute approximate surface area is 218 Å². The molecule has 36 heavy (non-hydrogen) atoms. The van der Waals surface area contributed by atoms with Gasteiger partial charge in [0.05, 0.1) is 23.6 Å². The van der Waals surface area contributed by atoms with Gasteiger partial charge in [0.15, 0.2) is 10.9 Å². The van der Waals surface area contributed by atoms with Gasteiger partial charge in [0.25, 0.3) is 0 Å². The fourth-order valence-electron chi connectivity index (χ4n) is 3.65. The third-order valence-electron chi connectivity index (χ3n) is 5.46. The van der Waals surface area contributed by atoms with Gasteiger partial charge < -0.3 is 10.1 Å². The van der Waals surface area contributed by atoms with Crippen LogP contribution in [0.2, 0.25) is 5.02 Å². The average molecular weight is 521 g/mol. The third-order valence-corrected chi connectivity index (χ3v) is 6.69. The summed E-state index contributed by atoms with van der Waals surface area (Å²) in [6.07, 6.45) is 0.464. The van der Waals surface area contributed by atoms with Crippen LogP contribution in [0.5, 0.6) is 5.75 Å². The molecule has 0 fully saturated rings. The summed E-state index contributed by atoms with van der Waals surface area (Å²) in [5.41, 5.74) is 3.53.